The topological polar surface area (TPSA) is 20.2 Å². The molecule has 0 bridgehead atoms. The zero-order valence-corrected chi connectivity index (χ0v) is 5.62. The SMILES string of the molecule is OC1C[CH]c2ccccc21. The highest BCUT2D eigenvalue weighted by atomic mass is 16.3. The highest BCUT2D eigenvalue weighted by Gasteiger charge is 2.18. The molecule has 10 heavy (non-hydrogen) atoms. The Morgan fingerprint density at radius 3 is 2.90 bits per heavy atom. The quantitative estimate of drug-likeness (QED) is 0.570. The molecule has 0 spiro atoms. The van der Waals surface area contributed by atoms with Crippen LogP contribution in [0.5, 0.6) is 0 Å². The van der Waals surface area contributed by atoms with Gasteiger partial charge in [0.25, 0.3) is 0 Å². The number of rotatable bonds is 0. The van der Waals surface area contributed by atoms with Crippen molar-refractivity contribution in [1.82, 2.24) is 0 Å². The van der Waals surface area contributed by atoms with E-state index in [9.17, 15) is 5.11 Å². The van der Waals surface area contributed by atoms with Gasteiger partial charge in [0.15, 0.2) is 0 Å². The van der Waals surface area contributed by atoms with Crippen LogP contribution in [-0.2, 0) is 0 Å². The van der Waals surface area contributed by atoms with Crippen LogP contribution in [0, 0.1) is 6.42 Å². The van der Waals surface area contributed by atoms with E-state index in [4.69, 9.17) is 0 Å². The van der Waals surface area contributed by atoms with Crippen molar-refractivity contribution in [2.75, 3.05) is 0 Å². The molecule has 1 N–H and O–H groups in total. The van der Waals surface area contributed by atoms with Crippen LogP contribution in [0.2, 0.25) is 0 Å². The molecule has 1 unspecified atom stereocenters. The fourth-order valence-corrected chi connectivity index (χ4v) is 1.37. The van der Waals surface area contributed by atoms with Crippen molar-refractivity contribution in [3.8, 4) is 0 Å². The van der Waals surface area contributed by atoms with Gasteiger partial charge >= 0.3 is 0 Å². The van der Waals surface area contributed by atoms with Crippen LogP contribution in [0.15, 0.2) is 24.3 Å². The highest BCUT2D eigenvalue weighted by Crippen LogP contribution is 2.31. The molecule has 1 nitrogen and oxygen atoms in total. The Morgan fingerprint density at radius 1 is 1.30 bits per heavy atom. The highest BCUT2D eigenvalue weighted by molar-refractivity contribution is 5.39. The number of aliphatic hydroxyl groups excluding tert-OH is 1. The zero-order chi connectivity index (χ0) is 6.97. The lowest BCUT2D eigenvalue weighted by Crippen LogP contribution is -1.88. The maximum Gasteiger partial charge on any atom is 0.0798 e. The van der Waals surface area contributed by atoms with E-state index in [2.05, 4.69) is 6.42 Å². The Balaban J connectivity index is 2.51. The van der Waals surface area contributed by atoms with Crippen molar-refractivity contribution < 1.29 is 5.11 Å². The second-order valence-corrected chi connectivity index (χ2v) is 2.58. The maximum absolute atomic E-state index is 9.35. The Labute approximate surface area is 60.3 Å². The third-order valence-electron chi connectivity index (χ3n) is 1.92. The summed E-state index contributed by atoms with van der Waals surface area (Å²) in [5, 5.41) is 9.35. The average molecular weight is 133 g/mol. The standard InChI is InChI=1S/C9H9O/c10-9-6-5-7-3-1-2-4-8(7)9/h1-5,9-10H,6H2. The second kappa shape index (κ2) is 2.10. The van der Waals surface area contributed by atoms with Crippen molar-refractivity contribution in [3.05, 3.63) is 41.8 Å². The monoisotopic (exact) mass is 133 g/mol. The maximum atomic E-state index is 9.35. The lowest BCUT2D eigenvalue weighted by Gasteiger charge is -2.00. The lowest BCUT2D eigenvalue weighted by atomic mass is 10.1. The van der Waals surface area contributed by atoms with Gasteiger partial charge in [-0.05, 0) is 24.0 Å². The summed E-state index contributed by atoms with van der Waals surface area (Å²) >= 11 is 0. The predicted molar refractivity (Wildman–Crippen MR) is 39.4 cm³/mol. The van der Waals surface area contributed by atoms with E-state index in [1.807, 2.05) is 24.3 Å². The van der Waals surface area contributed by atoms with Crippen molar-refractivity contribution in [3.63, 3.8) is 0 Å². The molecular formula is C9H9O. The molecule has 0 fully saturated rings. The van der Waals surface area contributed by atoms with Gasteiger partial charge in [-0.15, -0.1) is 0 Å². The molecule has 0 saturated heterocycles. The first-order valence-electron chi connectivity index (χ1n) is 3.48. The van der Waals surface area contributed by atoms with Crippen molar-refractivity contribution in [2.24, 2.45) is 0 Å². The predicted octanol–water partition coefficient (Wildman–Crippen LogP) is 1.68. The van der Waals surface area contributed by atoms with Gasteiger partial charge in [0, 0.05) is 0 Å². The lowest BCUT2D eigenvalue weighted by molar-refractivity contribution is 0.186. The molecule has 1 radical (unpaired) electrons. The van der Waals surface area contributed by atoms with Crippen molar-refractivity contribution in [1.29, 1.82) is 0 Å². The van der Waals surface area contributed by atoms with Gasteiger partial charge in [0.2, 0.25) is 0 Å². The minimum absolute atomic E-state index is 0.254. The molecule has 0 heterocycles. The van der Waals surface area contributed by atoms with Crippen molar-refractivity contribution >= 4 is 0 Å². The van der Waals surface area contributed by atoms with Crippen LogP contribution in [0.4, 0.5) is 0 Å². The summed E-state index contributed by atoms with van der Waals surface area (Å²) < 4.78 is 0. The molecule has 1 aliphatic rings. The molecule has 1 aromatic carbocycles. The Morgan fingerprint density at radius 2 is 2.10 bits per heavy atom. The zero-order valence-electron chi connectivity index (χ0n) is 5.62. The summed E-state index contributed by atoms with van der Waals surface area (Å²) in [5.74, 6) is 0. The van der Waals surface area contributed by atoms with Crippen LogP contribution >= 0.6 is 0 Å². The van der Waals surface area contributed by atoms with Crippen LogP contribution in [0.25, 0.3) is 0 Å². The van der Waals surface area contributed by atoms with Crippen LogP contribution in [-0.4, -0.2) is 5.11 Å². The number of fused-ring (bicyclic) bond motifs is 1. The first-order valence-corrected chi connectivity index (χ1v) is 3.48. The summed E-state index contributed by atoms with van der Waals surface area (Å²) in [6.45, 7) is 0. The number of hydrogen-bond acceptors (Lipinski definition) is 1. The van der Waals surface area contributed by atoms with E-state index in [1.54, 1.807) is 0 Å². The largest absolute Gasteiger partial charge is 0.388 e. The van der Waals surface area contributed by atoms with Gasteiger partial charge in [0.1, 0.15) is 0 Å². The molecular weight excluding hydrogens is 124 g/mol. The third-order valence-corrected chi connectivity index (χ3v) is 1.92. The van der Waals surface area contributed by atoms with E-state index in [1.165, 1.54) is 5.56 Å². The fourth-order valence-electron chi connectivity index (χ4n) is 1.37. The first-order chi connectivity index (χ1) is 4.88. The van der Waals surface area contributed by atoms with E-state index < -0.39 is 0 Å². The van der Waals surface area contributed by atoms with Crippen molar-refractivity contribution in [2.45, 2.75) is 12.5 Å². The Hall–Kier alpha value is -0.820. The normalized spacial score (nSPS) is 22.7. The van der Waals surface area contributed by atoms with E-state index in [-0.39, 0.29) is 6.10 Å². The van der Waals surface area contributed by atoms with Gasteiger partial charge in [0.05, 0.1) is 6.10 Å². The molecule has 0 aromatic heterocycles. The molecule has 51 valence electrons. The fraction of sp³-hybridized carbons (Fsp3) is 0.222. The van der Waals surface area contributed by atoms with Gasteiger partial charge in [-0.2, -0.15) is 0 Å². The van der Waals surface area contributed by atoms with E-state index in [0.29, 0.717) is 0 Å². The first kappa shape index (κ1) is 5.93. The molecule has 0 saturated carbocycles. The molecule has 1 heteroatoms. The summed E-state index contributed by atoms with van der Waals surface area (Å²) in [4.78, 5) is 0. The smallest absolute Gasteiger partial charge is 0.0798 e. The van der Waals surface area contributed by atoms with Crippen LogP contribution in [0.1, 0.15) is 23.7 Å². The molecule has 2 rings (SSSR count). The van der Waals surface area contributed by atoms with Gasteiger partial charge in [-0.1, -0.05) is 24.3 Å². The Kier molecular flexibility index (Phi) is 1.24. The van der Waals surface area contributed by atoms with Gasteiger partial charge in [-0.3, -0.25) is 0 Å². The molecule has 1 aromatic rings. The number of aliphatic hydroxyl groups is 1. The number of hydrogen-bond donors (Lipinski definition) is 1. The van der Waals surface area contributed by atoms with E-state index >= 15 is 0 Å². The molecule has 1 aliphatic carbocycles. The van der Waals surface area contributed by atoms with E-state index in [0.717, 1.165) is 12.0 Å². The minimum atomic E-state index is -0.254. The summed E-state index contributed by atoms with van der Waals surface area (Å²) in [6.07, 6.45) is 2.59. The van der Waals surface area contributed by atoms with Crippen LogP contribution < -0.4 is 0 Å². The Bertz CT molecular complexity index is 242. The summed E-state index contributed by atoms with van der Waals surface area (Å²) in [7, 11) is 0. The molecule has 1 atom stereocenters. The molecule has 0 aliphatic heterocycles. The van der Waals surface area contributed by atoms with Crippen LogP contribution in [0.3, 0.4) is 0 Å². The second-order valence-electron chi connectivity index (χ2n) is 2.58. The number of benzene rings is 1. The minimum Gasteiger partial charge on any atom is -0.388 e. The third kappa shape index (κ3) is 0.745. The summed E-state index contributed by atoms with van der Waals surface area (Å²) in [6, 6.07) is 7.96. The van der Waals surface area contributed by atoms with Gasteiger partial charge in [-0.25, -0.2) is 0 Å². The summed E-state index contributed by atoms with van der Waals surface area (Å²) in [5.41, 5.74) is 2.26. The average Bonchev–Trinajstić information content (AvgIpc) is 2.34. The van der Waals surface area contributed by atoms with Gasteiger partial charge < -0.3 is 5.11 Å². The molecule has 0 amide bonds.